The van der Waals surface area contributed by atoms with Gasteiger partial charge in [-0.05, 0) is 56.0 Å². The van der Waals surface area contributed by atoms with Crippen molar-refractivity contribution < 1.29 is 4.79 Å². The maximum Gasteiger partial charge on any atom is 0.261 e. The van der Waals surface area contributed by atoms with Crippen molar-refractivity contribution >= 4 is 16.8 Å². The van der Waals surface area contributed by atoms with Gasteiger partial charge in [0.15, 0.2) is 0 Å². The summed E-state index contributed by atoms with van der Waals surface area (Å²) in [6.45, 7) is 5.21. The van der Waals surface area contributed by atoms with Crippen LogP contribution in [-0.2, 0) is 24.3 Å². The fourth-order valence-electron chi connectivity index (χ4n) is 4.44. The van der Waals surface area contributed by atoms with Crippen LogP contribution >= 0.6 is 0 Å². The number of hydrogen-bond donors (Lipinski definition) is 1. The van der Waals surface area contributed by atoms with Crippen LogP contribution in [0.4, 0.5) is 0 Å². The Morgan fingerprint density at radius 1 is 1.06 bits per heavy atom. The molecule has 0 unspecified atom stereocenters. The second kappa shape index (κ2) is 9.25. The zero-order valence-corrected chi connectivity index (χ0v) is 19.6. The van der Waals surface area contributed by atoms with Crippen molar-refractivity contribution in [3.63, 3.8) is 0 Å². The molecule has 1 saturated carbocycles. The largest absolute Gasteiger partial charge is 0.352 e. The predicted molar refractivity (Wildman–Crippen MR) is 132 cm³/mol. The van der Waals surface area contributed by atoms with Crippen LogP contribution in [0.15, 0.2) is 59.4 Å². The summed E-state index contributed by atoms with van der Waals surface area (Å²) in [6.07, 6.45) is 2.73. The quantitative estimate of drug-likeness (QED) is 0.438. The molecule has 0 spiro atoms. The number of hydrogen-bond acceptors (Lipinski definition) is 4. The molecular weight excluding hydrogens is 426 g/mol. The number of aryl methyl sites for hydroxylation is 3. The number of nitrogens with one attached hydrogen (secondary N) is 1. The van der Waals surface area contributed by atoms with Crippen molar-refractivity contribution in [1.82, 2.24) is 24.6 Å². The molecule has 1 aliphatic rings. The van der Waals surface area contributed by atoms with Crippen LogP contribution in [0.3, 0.4) is 0 Å². The van der Waals surface area contributed by atoms with Gasteiger partial charge in [-0.1, -0.05) is 36.4 Å². The smallest absolute Gasteiger partial charge is 0.261 e. The van der Waals surface area contributed by atoms with E-state index in [1.165, 1.54) is 0 Å². The second-order valence-corrected chi connectivity index (χ2v) is 9.13. The van der Waals surface area contributed by atoms with Gasteiger partial charge in [-0.2, -0.15) is 5.10 Å². The highest BCUT2D eigenvalue weighted by Gasteiger charge is 2.28. The van der Waals surface area contributed by atoms with Gasteiger partial charge in [0.25, 0.3) is 5.56 Å². The molecule has 0 saturated heterocycles. The average molecular weight is 456 g/mol. The molecule has 34 heavy (non-hydrogen) atoms. The summed E-state index contributed by atoms with van der Waals surface area (Å²) >= 11 is 0. The SMILES string of the molecule is Cc1cc(C)n(Cc2cccc(CNC(=O)CCc3nc4ccccc4c(=O)n3C3CC3)c2)n1. The van der Waals surface area contributed by atoms with Crippen molar-refractivity contribution in [1.29, 1.82) is 0 Å². The first-order valence-corrected chi connectivity index (χ1v) is 11.8. The van der Waals surface area contributed by atoms with Crippen LogP contribution in [0.1, 0.15) is 53.6 Å². The number of para-hydroxylation sites is 1. The number of nitrogens with zero attached hydrogens (tertiary/aromatic N) is 4. The van der Waals surface area contributed by atoms with Crippen LogP contribution in [-0.4, -0.2) is 25.2 Å². The second-order valence-electron chi connectivity index (χ2n) is 9.13. The van der Waals surface area contributed by atoms with Gasteiger partial charge in [-0.15, -0.1) is 0 Å². The monoisotopic (exact) mass is 455 g/mol. The summed E-state index contributed by atoms with van der Waals surface area (Å²) in [4.78, 5) is 30.3. The first-order valence-electron chi connectivity index (χ1n) is 11.8. The van der Waals surface area contributed by atoms with Crippen LogP contribution in [0.25, 0.3) is 10.9 Å². The first kappa shape index (κ1) is 22.1. The molecule has 7 nitrogen and oxygen atoms in total. The van der Waals surface area contributed by atoms with E-state index < -0.39 is 0 Å². The highest BCUT2D eigenvalue weighted by molar-refractivity contribution is 5.78. The third-order valence-corrected chi connectivity index (χ3v) is 6.29. The van der Waals surface area contributed by atoms with E-state index >= 15 is 0 Å². The van der Waals surface area contributed by atoms with Crippen LogP contribution in [0, 0.1) is 13.8 Å². The Hall–Kier alpha value is -3.74. The molecule has 0 atom stereocenters. The molecule has 0 bridgehead atoms. The predicted octanol–water partition coefficient (Wildman–Crippen LogP) is 3.84. The molecule has 1 amide bonds. The lowest BCUT2D eigenvalue weighted by molar-refractivity contribution is -0.121. The van der Waals surface area contributed by atoms with Crippen LogP contribution in [0.5, 0.6) is 0 Å². The summed E-state index contributed by atoms with van der Waals surface area (Å²) in [6, 6.07) is 17.9. The molecule has 2 aromatic heterocycles. The van der Waals surface area contributed by atoms with E-state index in [9.17, 15) is 9.59 Å². The van der Waals surface area contributed by atoms with Crippen molar-refractivity contribution in [2.75, 3.05) is 0 Å². The van der Waals surface area contributed by atoms with E-state index in [-0.39, 0.29) is 17.5 Å². The molecule has 174 valence electrons. The Morgan fingerprint density at radius 3 is 2.62 bits per heavy atom. The van der Waals surface area contributed by atoms with Gasteiger partial charge in [0.05, 0.1) is 23.1 Å². The lowest BCUT2D eigenvalue weighted by Crippen LogP contribution is -2.27. The van der Waals surface area contributed by atoms with Crippen molar-refractivity contribution in [2.45, 2.75) is 58.7 Å². The number of aromatic nitrogens is 4. The van der Waals surface area contributed by atoms with E-state index in [4.69, 9.17) is 4.98 Å². The normalized spacial score (nSPS) is 13.4. The van der Waals surface area contributed by atoms with E-state index in [0.29, 0.717) is 42.7 Å². The molecular formula is C27H29N5O2. The minimum Gasteiger partial charge on any atom is -0.352 e. The molecule has 7 heteroatoms. The lowest BCUT2D eigenvalue weighted by atomic mass is 10.1. The third-order valence-electron chi connectivity index (χ3n) is 6.29. The van der Waals surface area contributed by atoms with Gasteiger partial charge in [0, 0.05) is 31.1 Å². The van der Waals surface area contributed by atoms with Crippen molar-refractivity contribution in [3.05, 3.63) is 93.3 Å². The Kier molecular flexibility index (Phi) is 6.01. The summed E-state index contributed by atoms with van der Waals surface area (Å²) in [5.41, 5.74) is 5.03. The topological polar surface area (TPSA) is 81.8 Å². The number of amides is 1. The molecule has 0 radical (unpaired) electrons. The summed E-state index contributed by atoms with van der Waals surface area (Å²) in [7, 11) is 0. The fourth-order valence-corrected chi connectivity index (χ4v) is 4.44. The van der Waals surface area contributed by atoms with E-state index in [1.807, 2.05) is 48.0 Å². The molecule has 4 aromatic rings. The molecule has 5 rings (SSSR count). The Labute approximate surface area is 198 Å². The Bertz CT molecular complexity index is 1410. The van der Waals surface area contributed by atoms with Crippen molar-refractivity contribution in [2.24, 2.45) is 0 Å². The van der Waals surface area contributed by atoms with Crippen LogP contribution < -0.4 is 10.9 Å². The summed E-state index contributed by atoms with van der Waals surface area (Å²) < 4.78 is 3.79. The van der Waals surface area contributed by atoms with E-state index in [0.717, 1.165) is 35.4 Å². The average Bonchev–Trinajstić information content (AvgIpc) is 3.61. The molecule has 1 aliphatic carbocycles. The summed E-state index contributed by atoms with van der Waals surface area (Å²) in [5.74, 6) is 0.655. The van der Waals surface area contributed by atoms with Gasteiger partial charge in [0.2, 0.25) is 5.91 Å². The molecule has 0 aliphatic heterocycles. The number of fused-ring (bicyclic) bond motifs is 1. The fraction of sp³-hybridized carbons (Fsp3) is 0.333. The molecule has 2 heterocycles. The standard InChI is InChI=1S/C27H29N5O2/c1-18-14-19(2)31(30-18)17-21-7-5-6-20(15-21)16-28-26(33)13-12-25-29-24-9-4-3-8-23(24)27(34)32(25)22-10-11-22/h3-9,14-15,22H,10-13,16-17H2,1-2H3,(H,28,33). The van der Waals surface area contributed by atoms with Gasteiger partial charge in [0.1, 0.15) is 5.82 Å². The lowest BCUT2D eigenvalue weighted by Gasteiger charge is -2.13. The molecule has 1 fully saturated rings. The number of rotatable bonds is 8. The minimum atomic E-state index is -0.0475. The van der Waals surface area contributed by atoms with Gasteiger partial charge < -0.3 is 5.32 Å². The number of benzene rings is 2. The van der Waals surface area contributed by atoms with Crippen LogP contribution in [0.2, 0.25) is 0 Å². The Morgan fingerprint density at radius 2 is 1.85 bits per heavy atom. The zero-order valence-electron chi connectivity index (χ0n) is 19.6. The maximum absolute atomic E-state index is 13.0. The highest BCUT2D eigenvalue weighted by Crippen LogP contribution is 2.34. The van der Waals surface area contributed by atoms with Gasteiger partial charge in [-0.25, -0.2) is 4.98 Å². The highest BCUT2D eigenvalue weighted by atomic mass is 16.1. The maximum atomic E-state index is 13.0. The molecule has 2 aromatic carbocycles. The third kappa shape index (κ3) is 4.78. The zero-order chi connectivity index (χ0) is 23.7. The van der Waals surface area contributed by atoms with Gasteiger partial charge >= 0.3 is 0 Å². The van der Waals surface area contributed by atoms with E-state index in [1.54, 1.807) is 4.57 Å². The number of carbonyl (C=O) groups excluding carboxylic acids is 1. The summed E-state index contributed by atoms with van der Waals surface area (Å²) in [5, 5.41) is 8.19. The van der Waals surface area contributed by atoms with Crippen molar-refractivity contribution in [3.8, 4) is 0 Å². The molecule has 1 N–H and O–H groups in total. The van der Waals surface area contributed by atoms with Gasteiger partial charge in [-0.3, -0.25) is 18.8 Å². The Balaban J connectivity index is 1.22. The minimum absolute atomic E-state index is 0.00272. The van der Waals surface area contributed by atoms with E-state index in [2.05, 4.69) is 35.5 Å². The number of carbonyl (C=O) groups is 1. The first-order chi connectivity index (χ1) is 16.5.